The minimum absolute atomic E-state index is 0.0443. The number of halogens is 3. The molecule has 60 valence electrons. The van der Waals surface area contributed by atoms with Crippen molar-refractivity contribution in [2.75, 3.05) is 6.54 Å². The summed E-state index contributed by atoms with van der Waals surface area (Å²) < 4.78 is 34.0. The highest BCUT2D eigenvalue weighted by Gasteiger charge is 2.22. The van der Waals surface area contributed by atoms with E-state index in [0.717, 1.165) is 6.42 Å². The van der Waals surface area contributed by atoms with Crippen LogP contribution in [0.25, 0.3) is 0 Å². The lowest BCUT2D eigenvalue weighted by atomic mass is 10.3. The topological polar surface area (TPSA) is 12.4 Å². The number of aliphatic imine (C=N–C) groups is 1. The number of hydrogen-bond donors (Lipinski definition) is 0. The Morgan fingerprint density at radius 2 is 2.00 bits per heavy atom. The smallest absolute Gasteiger partial charge is 0.288 e. The predicted molar refractivity (Wildman–Crippen MR) is 34.3 cm³/mol. The molecule has 0 aromatic rings. The predicted octanol–water partition coefficient (Wildman–Crippen LogP) is 2.42. The summed E-state index contributed by atoms with van der Waals surface area (Å²) in [5, 5.41) is 0. The Labute approximate surface area is 58.0 Å². The third-order valence-corrected chi connectivity index (χ3v) is 0.878. The van der Waals surface area contributed by atoms with Gasteiger partial charge in [0.25, 0.3) is 0 Å². The molecule has 10 heavy (non-hydrogen) atoms. The molecule has 0 amide bonds. The molecule has 4 heteroatoms. The molecule has 0 aliphatic rings. The van der Waals surface area contributed by atoms with Gasteiger partial charge in [-0.05, 0) is 6.42 Å². The van der Waals surface area contributed by atoms with Crippen molar-refractivity contribution in [3.8, 4) is 0 Å². The van der Waals surface area contributed by atoms with Crippen LogP contribution in [0.2, 0.25) is 0 Å². The summed E-state index contributed by atoms with van der Waals surface area (Å²) in [4.78, 5) is 3.18. The van der Waals surface area contributed by atoms with Gasteiger partial charge in [0.1, 0.15) is 6.21 Å². The second-order valence-electron chi connectivity index (χ2n) is 1.93. The van der Waals surface area contributed by atoms with Gasteiger partial charge >= 0.3 is 6.18 Å². The Balaban J connectivity index is 3.37. The van der Waals surface area contributed by atoms with E-state index in [0.29, 0.717) is 6.42 Å². The highest BCUT2D eigenvalue weighted by Crippen LogP contribution is 2.10. The lowest BCUT2D eigenvalue weighted by Crippen LogP contribution is -2.08. The third-order valence-electron chi connectivity index (χ3n) is 0.878. The summed E-state index contributed by atoms with van der Waals surface area (Å²) in [5.74, 6) is 0. The van der Waals surface area contributed by atoms with E-state index in [1.807, 2.05) is 6.92 Å². The standard InChI is InChI=1S/C6H10F3N/c1-2-3-4-10-5-6(7,8)9/h5H,2-4H2,1H3. The van der Waals surface area contributed by atoms with Crippen molar-refractivity contribution in [1.29, 1.82) is 0 Å². The molecule has 0 saturated carbocycles. The maximum atomic E-state index is 11.3. The van der Waals surface area contributed by atoms with Gasteiger partial charge in [0, 0.05) is 6.54 Å². The van der Waals surface area contributed by atoms with E-state index in [9.17, 15) is 13.2 Å². The molecule has 0 aromatic carbocycles. The van der Waals surface area contributed by atoms with E-state index in [2.05, 4.69) is 4.99 Å². The van der Waals surface area contributed by atoms with Crippen LogP contribution in [0.1, 0.15) is 19.8 Å². The molecule has 0 N–H and O–H groups in total. The van der Waals surface area contributed by atoms with Crippen molar-refractivity contribution in [2.45, 2.75) is 25.9 Å². The second kappa shape index (κ2) is 4.30. The fourth-order valence-electron chi connectivity index (χ4n) is 0.417. The fraction of sp³-hybridized carbons (Fsp3) is 0.833. The van der Waals surface area contributed by atoms with Crippen molar-refractivity contribution in [3.63, 3.8) is 0 Å². The Morgan fingerprint density at radius 3 is 2.40 bits per heavy atom. The first-order valence-electron chi connectivity index (χ1n) is 3.14. The van der Waals surface area contributed by atoms with Gasteiger partial charge < -0.3 is 0 Å². The minimum Gasteiger partial charge on any atom is -0.288 e. The van der Waals surface area contributed by atoms with Gasteiger partial charge in [-0.15, -0.1) is 0 Å². The molecule has 0 bridgehead atoms. The zero-order valence-corrected chi connectivity index (χ0v) is 5.78. The summed E-state index contributed by atoms with van der Waals surface area (Å²) in [5.41, 5.74) is 0. The van der Waals surface area contributed by atoms with Crippen LogP contribution >= 0.6 is 0 Å². The molecule has 0 unspecified atom stereocenters. The largest absolute Gasteiger partial charge is 0.426 e. The monoisotopic (exact) mass is 153 g/mol. The van der Waals surface area contributed by atoms with Gasteiger partial charge in [0.2, 0.25) is 0 Å². The molecule has 0 aliphatic carbocycles. The Hall–Kier alpha value is -0.540. The molecular formula is C6H10F3N. The van der Waals surface area contributed by atoms with E-state index in [4.69, 9.17) is 0 Å². The van der Waals surface area contributed by atoms with E-state index >= 15 is 0 Å². The summed E-state index contributed by atoms with van der Waals surface area (Å²) in [6, 6.07) is 0. The van der Waals surface area contributed by atoms with Gasteiger partial charge in [0.05, 0.1) is 0 Å². The SMILES string of the molecule is CCCCN=CC(F)(F)F. The highest BCUT2D eigenvalue weighted by molar-refractivity contribution is 5.63. The number of hydrogen-bond acceptors (Lipinski definition) is 1. The molecule has 0 radical (unpaired) electrons. The lowest BCUT2D eigenvalue weighted by molar-refractivity contribution is -0.0537. The van der Waals surface area contributed by atoms with Crippen LogP contribution in [-0.4, -0.2) is 18.9 Å². The van der Waals surface area contributed by atoms with E-state index in [1.165, 1.54) is 0 Å². The molecular weight excluding hydrogens is 143 g/mol. The lowest BCUT2D eigenvalue weighted by Gasteiger charge is -1.95. The van der Waals surface area contributed by atoms with Crippen molar-refractivity contribution >= 4 is 6.21 Å². The maximum absolute atomic E-state index is 11.3. The zero-order chi connectivity index (χ0) is 8.04. The van der Waals surface area contributed by atoms with Crippen molar-refractivity contribution in [2.24, 2.45) is 4.99 Å². The average molecular weight is 153 g/mol. The normalized spacial score (nSPS) is 12.8. The average Bonchev–Trinajstić information content (AvgIpc) is 1.78. The number of alkyl halides is 3. The molecule has 0 heterocycles. The van der Waals surface area contributed by atoms with E-state index in [-0.39, 0.29) is 12.8 Å². The Kier molecular flexibility index (Phi) is 4.07. The van der Waals surface area contributed by atoms with Gasteiger partial charge in [0.15, 0.2) is 0 Å². The van der Waals surface area contributed by atoms with E-state index < -0.39 is 6.18 Å². The number of rotatable bonds is 3. The molecule has 0 spiro atoms. The van der Waals surface area contributed by atoms with Crippen LogP contribution < -0.4 is 0 Å². The van der Waals surface area contributed by atoms with Gasteiger partial charge in [-0.2, -0.15) is 13.2 Å². The summed E-state index contributed by atoms with van der Waals surface area (Å²) in [7, 11) is 0. The number of unbranched alkanes of at least 4 members (excludes halogenated alkanes) is 1. The maximum Gasteiger partial charge on any atom is 0.426 e. The van der Waals surface area contributed by atoms with Crippen LogP contribution in [0.4, 0.5) is 13.2 Å². The third kappa shape index (κ3) is 7.46. The van der Waals surface area contributed by atoms with Crippen LogP contribution in [0.15, 0.2) is 4.99 Å². The molecule has 0 aromatic heterocycles. The molecule has 0 saturated heterocycles. The van der Waals surface area contributed by atoms with E-state index in [1.54, 1.807) is 0 Å². The quantitative estimate of drug-likeness (QED) is 0.436. The summed E-state index contributed by atoms with van der Waals surface area (Å²) in [6.07, 6.45) is -2.61. The summed E-state index contributed by atoms with van der Waals surface area (Å²) in [6.45, 7) is 2.18. The first-order valence-corrected chi connectivity index (χ1v) is 3.14. The molecule has 1 nitrogen and oxygen atoms in total. The Morgan fingerprint density at radius 1 is 1.40 bits per heavy atom. The molecule has 0 aliphatic heterocycles. The second-order valence-corrected chi connectivity index (χ2v) is 1.93. The van der Waals surface area contributed by atoms with Gasteiger partial charge in [-0.1, -0.05) is 13.3 Å². The molecule has 0 atom stereocenters. The van der Waals surface area contributed by atoms with Crippen molar-refractivity contribution in [1.82, 2.24) is 0 Å². The Bertz CT molecular complexity index is 106. The molecule has 0 fully saturated rings. The number of nitrogens with zero attached hydrogens (tertiary/aromatic N) is 1. The minimum atomic E-state index is -4.24. The van der Waals surface area contributed by atoms with Crippen LogP contribution in [-0.2, 0) is 0 Å². The first kappa shape index (κ1) is 9.46. The van der Waals surface area contributed by atoms with Gasteiger partial charge in [-0.3, -0.25) is 4.99 Å². The highest BCUT2D eigenvalue weighted by atomic mass is 19.4. The fourth-order valence-corrected chi connectivity index (χ4v) is 0.417. The van der Waals surface area contributed by atoms with Crippen LogP contribution in [0.5, 0.6) is 0 Å². The summed E-state index contributed by atoms with van der Waals surface area (Å²) >= 11 is 0. The van der Waals surface area contributed by atoms with Crippen LogP contribution in [0.3, 0.4) is 0 Å². The van der Waals surface area contributed by atoms with Crippen LogP contribution in [0, 0.1) is 0 Å². The molecule has 0 rings (SSSR count). The van der Waals surface area contributed by atoms with Crippen molar-refractivity contribution in [3.05, 3.63) is 0 Å². The van der Waals surface area contributed by atoms with Crippen molar-refractivity contribution < 1.29 is 13.2 Å². The first-order chi connectivity index (χ1) is 4.56. The van der Waals surface area contributed by atoms with Gasteiger partial charge in [-0.25, -0.2) is 0 Å². The zero-order valence-electron chi connectivity index (χ0n) is 5.78.